The third kappa shape index (κ3) is 5.13. The maximum Gasteiger partial charge on any atom is 4.00 e. The summed E-state index contributed by atoms with van der Waals surface area (Å²) in [6, 6.07) is 29.0. The smallest absolute Gasteiger partial charge is 1.00 e. The van der Waals surface area contributed by atoms with Crippen LogP contribution in [0.5, 0.6) is 23.0 Å². The first-order valence-corrected chi connectivity index (χ1v) is 11.1. The van der Waals surface area contributed by atoms with Gasteiger partial charge in [-0.15, -0.1) is 56.6 Å². The van der Waals surface area contributed by atoms with Crippen LogP contribution < -0.4 is 28.4 Å². The first kappa shape index (κ1) is 29.6. The van der Waals surface area contributed by atoms with E-state index in [4.69, 9.17) is 18.9 Å². The zero-order valence-electron chi connectivity index (χ0n) is 21.0. The molecule has 0 heterocycles. The predicted octanol–water partition coefficient (Wildman–Crippen LogP) is 1.46. The maximum absolute atomic E-state index is 5.45. The Labute approximate surface area is 229 Å². The second kappa shape index (κ2) is 12.6. The number of rotatable bonds is 4. The minimum Gasteiger partial charge on any atom is -1.00 e. The molecule has 0 saturated heterocycles. The van der Waals surface area contributed by atoms with Crippen molar-refractivity contribution in [2.24, 2.45) is 0 Å². The molecular weight excluding hydrogens is 510 g/mol. The third-order valence-electron chi connectivity index (χ3n) is 6.27. The molecule has 0 amide bonds. The van der Waals surface area contributed by atoms with Crippen LogP contribution >= 0.6 is 0 Å². The van der Waals surface area contributed by atoms with Crippen LogP contribution in [0.3, 0.4) is 0 Å². The van der Waals surface area contributed by atoms with Crippen LogP contribution in [0.1, 0.15) is 0 Å². The summed E-state index contributed by atoms with van der Waals surface area (Å²) in [7, 11) is 6.67. The monoisotopic (exact) mass is 536 g/mol. The van der Waals surface area contributed by atoms with Crippen molar-refractivity contribution in [3.8, 4) is 23.0 Å². The first-order chi connectivity index (χ1) is 16.7. The summed E-state index contributed by atoms with van der Waals surface area (Å²) in [6.45, 7) is 0. The number of hydrogen-bond donors (Lipinski definition) is 0. The molecule has 6 aromatic carbocycles. The van der Waals surface area contributed by atoms with Crippen LogP contribution in [-0.4, -0.2) is 28.4 Å². The third-order valence-corrected chi connectivity index (χ3v) is 6.27. The van der Waals surface area contributed by atoms with Gasteiger partial charge in [0, 0.05) is 0 Å². The molecule has 7 heteroatoms. The molecule has 0 saturated carbocycles. The second-order valence-electron chi connectivity index (χ2n) is 7.99. The molecule has 0 bridgehead atoms. The summed E-state index contributed by atoms with van der Waals surface area (Å²) in [4.78, 5) is 0. The Hall–Kier alpha value is -3.61. The molecule has 0 spiro atoms. The van der Waals surface area contributed by atoms with E-state index in [1.165, 1.54) is 32.3 Å². The van der Waals surface area contributed by atoms with Gasteiger partial charge in [0.25, 0.3) is 0 Å². The van der Waals surface area contributed by atoms with E-state index in [1.54, 1.807) is 28.4 Å². The van der Waals surface area contributed by atoms with Crippen molar-refractivity contribution in [1.82, 2.24) is 0 Å². The SMILES string of the molecule is COc1ccc2c([cH-]c3ccccc32)c1OC.COc1ccc2c([cH-]c3ccccc32)c1OC.[F-].[F-].[Ti+4]. The van der Waals surface area contributed by atoms with Crippen LogP contribution in [0.25, 0.3) is 43.1 Å². The molecule has 0 atom stereocenters. The molecule has 0 aromatic heterocycles. The van der Waals surface area contributed by atoms with Gasteiger partial charge in [0.2, 0.25) is 0 Å². The molecule has 0 aliphatic carbocycles. The summed E-state index contributed by atoms with van der Waals surface area (Å²) < 4.78 is 21.5. The zero-order valence-corrected chi connectivity index (χ0v) is 22.5. The number of methoxy groups -OCH3 is 4. The van der Waals surface area contributed by atoms with Gasteiger partial charge in [0.15, 0.2) is 0 Å². The molecule has 4 nitrogen and oxygen atoms in total. The molecule has 0 aliphatic heterocycles. The average Bonchev–Trinajstić information content (AvgIpc) is 3.46. The zero-order chi connectivity index (χ0) is 23.7. The van der Waals surface area contributed by atoms with Crippen molar-refractivity contribution in [3.05, 3.63) is 84.9 Å². The molecular formula is C30H26F2O4Ti. The molecule has 0 fully saturated rings. The van der Waals surface area contributed by atoms with E-state index >= 15 is 0 Å². The summed E-state index contributed by atoms with van der Waals surface area (Å²) >= 11 is 0. The summed E-state index contributed by atoms with van der Waals surface area (Å²) in [5, 5.41) is 9.59. The molecule has 6 aromatic rings. The topological polar surface area (TPSA) is 36.9 Å². The number of halogens is 2. The largest absolute Gasteiger partial charge is 4.00 e. The minimum absolute atomic E-state index is 0. The van der Waals surface area contributed by atoms with Crippen molar-refractivity contribution in [2.45, 2.75) is 0 Å². The van der Waals surface area contributed by atoms with Crippen molar-refractivity contribution in [1.29, 1.82) is 0 Å². The Bertz CT molecular complexity index is 1500. The number of benzene rings is 4. The summed E-state index contributed by atoms with van der Waals surface area (Å²) in [5.41, 5.74) is 0. The minimum atomic E-state index is 0. The average molecular weight is 536 g/mol. The van der Waals surface area contributed by atoms with E-state index in [9.17, 15) is 0 Å². The van der Waals surface area contributed by atoms with Gasteiger partial charge in [0.05, 0.1) is 28.4 Å². The van der Waals surface area contributed by atoms with E-state index < -0.39 is 0 Å². The van der Waals surface area contributed by atoms with E-state index in [0.29, 0.717) is 0 Å². The predicted molar refractivity (Wildman–Crippen MR) is 140 cm³/mol. The van der Waals surface area contributed by atoms with Gasteiger partial charge >= 0.3 is 21.7 Å². The molecule has 0 aliphatic rings. The van der Waals surface area contributed by atoms with E-state index in [1.807, 2.05) is 24.3 Å². The van der Waals surface area contributed by atoms with Gasteiger partial charge in [0.1, 0.15) is 23.0 Å². The van der Waals surface area contributed by atoms with E-state index in [2.05, 4.69) is 60.7 Å². The maximum atomic E-state index is 5.45. The van der Waals surface area contributed by atoms with E-state index in [0.717, 1.165) is 33.8 Å². The van der Waals surface area contributed by atoms with Gasteiger partial charge in [-0.25, -0.2) is 0 Å². The quantitative estimate of drug-likeness (QED) is 0.253. The molecule has 6 rings (SSSR count). The number of ether oxygens (including phenoxy) is 4. The Balaban J connectivity index is 0.000000241. The van der Waals surface area contributed by atoms with Gasteiger partial charge in [-0.1, -0.05) is 59.3 Å². The standard InChI is InChI=1S/2C15H13O2.2FH.Ti/c2*1-16-14-8-7-12-11-6-4-3-5-10(11)9-13(12)15(14)17-2;;;/h2*3-9H,1-2H3;2*1H;/q2*-1;;;+4/p-2. The van der Waals surface area contributed by atoms with Crippen LogP contribution in [0.2, 0.25) is 0 Å². The van der Waals surface area contributed by atoms with Crippen molar-refractivity contribution in [2.75, 3.05) is 28.4 Å². The molecule has 37 heavy (non-hydrogen) atoms. The fraction of sp³-hybridized carbons (Fsp3) is 0.133. The van der Waals surface area contributed by atoms with Gasteiger partial charge < -0.3 is 28.4 Å². The van der Waals surface area contributed by atoms with Crippen LogP contribution in [-0.2, 0) is 21.7 Å². The Morgan fingerprint density at radius 1 is 0.459 bits per heavy atom. The summed E-state index contributed by atoms with van der Waals surface area (Å²) in [6.07, 6.45) is 0. The molecule has 0 N–H and O–H groups in total. The normalized spacial score (nSPS) is 10.1. The fourth-order valence-electron chi connectivity index (χ4n) is 4.71. The summed E-state index contributed by atoms with van der Waals surface area (Å²) in [5.74, 6) is 3.16. The van der Waals surface area contributed by atoms with Crippen LogP contribution in [0, 0.1) is 0 Å². The van der Waals surface area contributed by atoms with Crippen molar-refractivity contribution >= 4 is 43.1 Å². The van der Waals surface area contributed by atoms with Gasteiger partial charge in [-0.05, 0) is 12.1 Å². The number of hydrogen-bond acceptors (Lipinski definition) is 4. The first-order valence-electron chi connectivity index (χ1n) is 11.1. The molecule has 0 unspecified atom stereocenters. The van der Waals surface area contributed by atoms with Crippen LogP contribution in [0.15, 0.2) is 84.9 Å². The Morgan fingerprint density at radius 3 is 1.19 bits per heavy atom. The molecule has 0 radical (unpaired) electrons. The van der Waals surface area contributed by atoms with Crippen LogP contribution in [0.4, 0.5) is 0 Å². The Kier molecular flexibility index (Phi) is 10.1. The van der Waals surface area contributed by atoms with Crippen molar-refractivity contribution < 1.29 is 50.1 Å². The number of fused-ring (bicyclic) bond motifs is 6. The molecule has 188 valence electrons. The fourth-order valence-corrected chi connectivity index (χ4v) is 4.71. The van der Waals surface area contributed by atoms with E-state index in [-0.39, 0.29) is 31.1 Å². The van der Waals surface area contributed by atoms with Crippen molar-refractivity contribution in [3.63, 3.8) is 0 Å². The van der Waals surface area contributed by atoms with Gasteiger partial charge in [-0.2, -0.15) is 0 Å². The second-order valence-corrected chi connectivity index (χ2v) is 7.99. The Morgan fingerprint density at radius 2 is 0.838 bits per heavy atom. The van der Waals surface area contributed by atoms with Gasteiger partial charge in [-0.3, -0.25) is 0 Å².